The topological polar surface area (TPSA) is 129 Å². The summed E-state index contributed by atoms with van der Waals surface area (Å²) in [6.07, 6.45) is 0. The molecule has 0 unspecified atom stereocenters. The van der Waals surface area contributed by atoms with Crippen molar-refractivity contribution in [3.63, 3.8) is 0 Å². The summed E-state index contributed by atoms with van der Waals surface area (Å²) in [4.78, 5) is 28.1. The minimum Gasteiger partial charge on any atom is -0.258 e. The van der Waals surface area contributed by atoms with Crippen molar-refractivity contribution in [3.05, 3.63) is 48.5 Å². The van der Waals surface area contributed by atoms with Gasteiger partial charge in [0.25, 0.3) is 5.69 Å². The molecule has 0 amide bonds. The second kappa shape index (κ2) is 3.65. The lowest BCUT2D eigenvalue weighted by Gasteiger charge is -1.94. The van der Waals surface area contributed by atoms with Crippen LogP contribution in [0.1, 0.15) is 0 Å². The minimum absolute atomic E-state index is 0.554. The molecule has 1 aromatic carbocycles. The van der Waals surface area contributed by atoms with Gasteiger partial charge in [-0.1, -0.05) is 0 Å². The molecule has 1 rings (SSSR count). The number of rotatable bonds is 3. The first kappa shape index (κ1) is 10.5. The molecule has 1 aromatic rings. The van der Waals surface area contributed by atoms with Gasteiger partial charge in [0, 0.05) is 12.1 Å². The van der Waals surface area contributed by atoms with Crippen LogP contribution in [0.3, 0.4) is 0 Å². The van der Waals surface area contributed by atoms with Crippen LogP contribution in [-0.4, -0.2) is 14.8 Å². The summed E-state index contributed by atoms with van der Waals surface area (Å²) < 4.78 is 0. The second-order valence-corrected chi connectivity index (χ2v) is 2.44. The highest BCUT2D eigenvalue weighted by Crippen LogP contribution is 2.30. The van der Waals surface area contributed by atoms with Crippen LogP contribution in [0.15, 0.2) is 18.2 Å². The molecule has 0 aromatic heterocycles. The maximum atomic E-state index is 10.4. The molecule has 0 saturated heterocycles. The van der Waals surface area contributed by atoms with Gasteiger partial charge in [0.05, 0.1) is 14.8 Å². The van der Waals surface area contributed by atoms with Gasteiger partial charge in [-0.05, 0) is 0 Å². The fourth-order valence-corrected chi connectivity index (χ4v) is 0.926. The third-order valence-electron chi connectivity index (χ3n) is 1.56. The zero-order valence-corrected chi connectivity index (χ0v) is 7.02. The number of nitro benzene ring substituents is 3. The lowest BCUT2D eigenvalue weighted by Crippen LogP contribution is -1.98. The maximum absolute atomic E-state index is 10.4. The van der Waals surface area contributed by atoms with E-state index in [1.165, 1.54) is 0 Å². The molecule has 0 aliphatic heterocycles. The van der Waals surface area contributed by atoms with Gasteiger partial charge in [-0.25, -0.2) is 0 Å². The third-order valence-corrected chi connectivity index (χ3v) is 1.56. The first-order valence-electron chi connectivity index (χ1n) is 3.50. The Balaban J connectivity index is 3.40. The van der Waals surface area contributed by atoms with E-state index in [0.29, 0.717) is 6.07 Å². The van der Waals surface area contributed by atoms with Crippen molar-refractivity contribution in [3.8, 4) is 0 Å². The van der Waals surface area contributed by atoms with Gasteiger partial charge >= 0.3 is 11.4 Å². The van der Waals surface area contributed by atoms with Gasteiger partial charge in [-0.15, -0.1) is 0 Å². The Hall–Kier alpha value is -2.58. The van der Waals surface area contributed by atoms with Crippen molar-refractivity contribution in [2.24, 2.45) is 0 Å². The molecule has 0 N–H and O–H groups in total. The van der Waals surface area contributed by atoms with Crippen molar-refractivity contribution >= 4 is 17.1 Å². The maximum Gasteiger partial charge on any atom is 0.352 e. The molecule has 0 radical (unpaired) electrons. The predicted molar refractivity (Wildman–Crippen MR) is 46.4 cm³/mol. The Labute approximate surface area is 81.4 Å². The highest BCUT2D eigenvalue weighted by atomic mass is 16.6. The van der Waals surface area contributed by atoms with Crippen molar-refractivity contribution in [2.45, 2.75) is 0 Å². The first-order valence-corrected chi connectivity index (χ1v) is 3.50. The lowest BCUT2D eigenvalue weighted by molar-refractivity contribution is -0.424. The molecular weight excluding hydrogens is 210 g/mol. The van der Waals surface area contributed by atoms with Crippen LogP contribution in [0.4, 0.5) is 17.1 Å². The zero-order chi connectivity index (χ0) is 11.6. The molecule has 0 aliphatic rings. The number of non-ortho nitro benzene ring substituents is 1. The molecule has 9 nitrogen and oxygen atoms in total. The summed E-state index contributed by atoms with van der Waals surface area (Å²) >= 11 is 0. The highest BCUT2D eigenvalue weighted by Gasteiger charge is 2.27. The van der Waals surface area contributed by atoms with E-state index < -0.39 is 31.8 Å². The van der Waals surface area contributed by atoms with Gasteiger partial charge in [0.2, 0.25) is 0 Å². The SMILES string of the molecule is O=[N+]([O-])c1ccc([N+](=O)[O-])c([N+](=O)[O-])c1. The predicted octanol–water partition coefficient (Wildman–Crippen LogP) is 1.41. The van der Waals surface area contributed by atoms with E-state index in [4.69, 9.17) is 0 Å². The van der Waals surface area contributed by atoms with E-state index in [1.54, 1.807) is 0 Å². The van der Waals surface area contributed by atoms with Crippen molar-refractivity contribution in [1.82, 2.24) is 0 Å². The quantitative estimate of drug-likeness (QED) is 0.551. The molecule has 0 saturated carbocycles. The second-order valence-electron chi connectivity index (χ2n) is 2.44. The Morgan fingerprint density at radius 1 is 0.800 bits per heavy atom. The summed E-state index contributed by atoms with van der Waals surface area (Å²) in [5, 5.41) is 31.0. The van der Waals surface area contributed by atoms with Crippen LogP contribution in [-0.2, 0) is 0 Å². The molecule has 0 fully saturated rings. The lowest BCUT2D eigenvalue weighted by atomic mass is 10.2. The number of hydrogen-bond donors (Lipinski definition) is 0. The number of hydrogen-bond acceptors (Lipinski definition) is 6. The molecule has 0 spiro atoms. The molecule has 9 heteroatoms. The Kier molecular flexibility index (Phi) is 2.56. The van der Waals surface area contributed by atoms with E-state index in [2.05, 4.69) is 0 Å². The van der Waals surface area contributed by atoms with E-state index in [0.717, 1.165) is 12.1 Å². The van der Waals surface area contributed by atoms with Crippen molar-refractivity contribution in [2.75, 3.05) is 0 Å². The fourth-order valence-electron chi connectivity index (χ4n) is 0.926. The molecule has 0 heterocycles. The number of benzene rings is 1. The summed E-state index contributed by atoms with van der Waals surface area (Å²) in [7, 11) is 0. The summed E-state index contributed by atoms with van der Waals surface area (Å²) in [6.45, 7) is 0. The minimum atomic E-state index is -1.04. The molecule has 0 bridgehead atoms. The third kappa shape index (κ3) is 2.02. The Bertz CT molecular complexity index is 456. The number of nitro groups is 3. The van der Waals surface area contributed by atoms with Gasteiger partial charge in [-0.2, -0.15) is 0 Å². The van der Waals surface area contributed by atoms with Gasteiger partial charge in [-0.3, -0.25) is 30.3 Å². The first-order chi connectivity index (χ1) is 6.93. The summed E-state index contributed by atoms with van der Waals surface area (Å²) in [5.74, 6) is 0. The van der Waals surface area contributed by atoms with Crippen LogP contribution in [0.2, 0.25) is 0 Å². The number of nitrogens with zero attached hydrogens (tertiary/aromatic N) is 3. The zero-order valence-electron chi connectivity index (χ0n) is 7.02. The Morgan fingerprint density at radius 3 is 1.73 bits per heavy atom. The molecule has 15 heavy (non-hydrogen) atoms. The normalized spacial score (nSPS) is 9.60. The van der Waals surface area contributed by atoms with Crippen LogP contribution in [0.25, 0.3) is 0 Å². The average molecular weight is 213 g/mol. The van der Waals surface area contributed by atoms with Crippen LogP contribution in [0, 0.1) is 30.3 Å². The summed E-state index contributed by atoms with van der Waals surface area (Å²) in [6, 6.07) is 2.12. The fraction of sp³-hybridized carbons (Fsp3) is 0. The average Bonchev–Trinajstić information content (AvgIpc) is 2.16. The monoisotopic (exact) mass is 213 g/mol. The Morgan fingerprint density at radius 2 is 1.33 bits per heavy atom. The summed E-state index contributed by atoms with van der Waals surface area (Å²) in [5.41, 5.74) is -2.23. The van der Waals surface area contributed by atoms with E-state index in [1.807, 2.05) is 0 Å². The molecular formula is C6H3N3O6. The van der Waals surface area contributed by atoms with E-state index >= 15 is 0 Å². The van der Waals surface area contributed by atoms with Crippen LogP contribution < -0.4 is 0 Å². The van der Waals surface area contributed by atoms with Crippen LogP contribution in [0.5, 0.6) is 0 Å². The largest absolute Gasteiger partial charge is 0.352 e. The highest BCUT2D eigenvalue weighted by molar-refractivity contribution is 5.57. The standard InChI is InChI=1S/C6H3N3O6/c10-7(11)4-1-2-5(8(12)13)6(3-4)9(14)15/h1-3H. The molecule has 0 aliphatic carbocycles. The van der Waals surface area contributed by atoms with Crippen molar-refractivity contribution in [1.29, 1.82) is 0 Å². The van der Waals surface area contributed by atoms with Gasteiger partial charge in [0.1, 0.15) is 6.07 Å². The van der Waals surface area contributed by atoms with Gasteiger partial charge < -0.3 is 0 Å². The van der Waals surface area contributed by atoms with Crippen LogP contribution >= 0.6 is 0 Å². The smallest absolute Gasteiger partial charge is 0.258 e. The van der Waals surface area contributed by atoms with Crippen molar-refractivity contribution < 1.29 is 14.8 Å². The van der Waals surface area contributed by atoms with Gasteiger partial charge in [0.15, 0.2) is 0 Å². The van der Waals surface area contributed by atoms with E-state index in [9.17, 15) is 30.3 Å². The van der Waals surface area contributed by atoms with E-state index in [-0.39, 0.29) is 0 Å². The molecule has 0 atom stereocenters. The molecule has 78 valence electrons.